The van der Waals surface area contributed by atoms with Crippen LogP contribution in [0.2, 0.25) is 0 Å². The number of hydrogen-bond acceptors (Lipinski definition) is 8. The number of nitrogens with one attached hydrogen (secondary N) is 2. The monoisotopic (exact) mass is 429 g/mol. The number of piperidine rings is 1. The van der Waals surface area contributed by atoms with E-state index in [1.807, 2.05) is 26.8 Å². The number of carbonyl (C=O) groups is 1. The summed E-state index contributed by atoms with van der Waals surface area (Å²) in [6.45, 7) is 6.43. The van der Waals surface area contributed by atoms with Crippen molar-refractivity contribution in [2.45, 2.75) is 45.3 Å². The predicted molar refractivity (Wildman–Crippen MR) is 109 cm³/mol. The third-order valence-electron chi connectivity index (χ3n) is 4.43. The number of para-hydroxylation sites is 1. The molecule has 2 aromatic rings. The second-order valence-corrected chi connectivity index (χ2v) is 7.95. The van der Waals surface area contributed by atoms with E-state index in [0.29, 0.717) is 31.7 Å². The number of benzene rings is 1. The molecular weight excluding hydrogens is 405 g/mol. The first-order chi connectivity index (χ1) is 14.8. The molecule has 164 valence electrons. The van der Waals surface area contributed by atoms with Crippen LogP contribution in [0.4, 0.5) is 14.9 Å². The van der Waals surface area contributed by atoms with Gasteiger partial charge in [-0.2, -0.15) is 10.5 Å². The van der Waals surface area contributed by atoms with E-state index in [9.17, 15) is 14.4 Å². The minimum atomic E-state index is -0.552. The maximum absolute atomic E-state index is 14.5. The average Bonchev–Trinajstić information content (AvgIpc) is 3.24. The number of hydrogen-bond donors (Lipinski definition) is 2. The molecule has 0 unspecified atom stereocenters. The molecule has 0 bridgehead atoms. The average molecular weight is 429 g/mol. The van der Waals surface area contributed by atoms with Crippen LogP contribution in [0.3, 0.4) is 0 Å². The number of halogens is 1. The zero-order chi connectivity index (χ0) is 22.4. The lowest BCUT2D eigenvalue weighted by Gasteiger charge is -2.33. The molecule has 0 atom stereocenters. The number of aromatic amines is 1. The Bertz CT molecular complexity index is 972. The molecule has 1 fully saturated rings. The molecule has 11 heteroatoms. The van der Waals surface area contributed by atoms with Crippen molar-refractivity contribution in [2.75, 3.05) is 18.4 Å². The summed E-state index contributed by atoms with van der Waals surface area (Å²) >= 11 is 0. The number of anilines is 1. The number of likely N-dealkylation sites (tertiary alicyclic amines) is 1. The van der Waals surface area contributed by atoms with Crippen molar-refractivity contribution in [3.8, 4) is 11.8 Å². The smallest absolute Gasteiger partial charge is 0.410 e. The minimum absolute atomic E-state index is 0.0774. The third kappa shape index (κ3) is 5.91. The van der Waals surface area contributed by atoms with Crippen LogP contribution < -0.4 is 10.1 Å². The van der Waals surface area contributed by atoms with E-state index in [-0.39, 0.29) is 29.3 Å². The topological polar surface area (TPSA) is 129 Å². The molecule has 1 aromatic heterocycles. The van der Waals surface area contributed by atoms with Gasteiger partial charge < -0.3 is 19.7 Å². The van der Waals surface area contributed by atoms with E-state index < -0.39 is 11.4 Å². The minimum Gasteiger partial charge on any atom is -0.488 e. The Labute approximate surface area is 179 Å². The highest BCUT2D eigenvalue weighted by atomic mass is 19.1. The molecule has 1 saturated heterocycles. The fraction of sp³-hybridized carbons (Fsp3) is 0.450. The van der Waals surface area contributed by atoms with Crippen LogP contribution in [0.5, 0.6) is 5.75 Å². The van der Waals surface area contributed by atoms with Gasteiger partial charge in [-0.15, -0.1) is 10.2 Å². The maximum atomic E-state index is 14.5. The molecule has 10 nitrogen and oxygen atoms in total. The normalized spacial score (nSPS) is 15.3. The second-order valence-electron chi connectivity index (χ2n) is 7.95. The van der Waals surface area contributed by atoms with Gasteiger partial charge in [-0.05, 0) is 38.1 Å². The van der Waals surface area contributed by atoms with Gasteiger partial charge in [0.05, 0.1) is 0 Å². The Morgan fingerprint density at radius 3 is 2.74 bits per heavy atom. The van der Waals surface area contributed by atoms with Crippen LogP contribution in [0.1, 0.15) is 39.4 Å². The van der Waals surface area contributed by atoms with E-state index in [1.54, 1.807) is 17.0 Å². The molecule has 0 aliphatic carbocycles. The number of carbonyl (C=O) groups excluding carboxylic acids is 1. The lowest BCUT2D eigenvalue weighted by molar-refractivity contribution is 0.0127. The Hall–Kier alpha value is -3.68. The SMILES string of the molecule is CC(C)(C)OC(=O)N1CCC(Oc2cccc(F)c2NC=C(C#N)c2nn[nH]n2)CC1. The van der Waals surface area contributed by atoms with Crippen LogP contribution in [0, 0.1) is 17.1 Å². The van der Waals surface area contributed by atoms with E-state index in [0.717, 1.165) is 0 Å². The van der Waals surface area contributed by atoms with Gasteiger partial charge in [0, 0.05) is 32.1 Å². The van der Waals surface area contributed by atoms with Gasteiger partial charge in [-0.3, -0.25) is 0 Å². The van der Waals surface area contributed by atoms with Crippen molar-refractivity contribution in [1.29, 1.82) is 5.26 Å². The van der Waals surface area contributed by atoms with E-state index in [4.69, 9.17) is 9.47 Å². The number of nitrogens with zero attached hydrogens (tertiary/aromatic N) is 5. The Morgan fingerprint density at radius 1 is 1.39 bits per heavy atom. The number of ether oxygens (including phenoxy) is 2. The number of amides is 1. The summed E-state index contributed by atoms with van der Waals surface area (Å²) in [7, 11) is 0. The number of tetrazole rings is 1. The van der Waals surface area contributed by atoms with Gasteiger partial charge >= 0.3 is 6.09 Å². The molecule has 1 amide bonds. The van der Waals surface area contributed by atoms with Crippen LogP contribution >= 0.6 is 0 Å². The van der Waals surface area contributed by atoms with Gasteiger partial charge in [0.25, 0.3) is 0 Å². The zero-order valence-corrected chi connectivity index (χ0v) is 17.6. The largest absolute Gasteiger partial charge is 0.488 e. The number of aromatic nitrogens is 4. The van der Waals surface area contributed by atoms with Crippen LogP contribution in [0.25, 0.3) is 5.57 Å². The van der Waals surface area contributed by atoms with Crippen LogP contribution in [0.15, 0.2) is 24.4 Å². The van der Waals surface area contributed by atoms with Crippen molar-refractivity contribution in [3.05, 3.63) is 36.0 Å². The highest BCUT2D eigenvalue weighted by molar-refractivity contribution is 5.75. The Morgan fingerprint density at radius 2 is 2.13 bits per heavy atom. The summed E-state index contributed by atoms with van der Waals surface area (Å²) in [4.78, 5) is 13.8. The lowest BCUT2D eigenvalue weighted by Crippen LogP contribution is -2.44. The summed E-state index contributed by atoms with van der Waals surface area (Å²) in [6.07, 6.45) is 1.91. The maximum Gasteiger partial charge on any atom is 0.410 e. The fourth-order valence-electron chi connectivity index (χ4n) is 2.97. The molecule has 0 spiro atoms. The molecule has 2 N–H and O–H groups in total. The lowest BCUT2D eigenvalue weighted by atomic mass is 10.1. The molecule has 1 aliphatic heterocycles. The number of allylic oxidation sites excluding steroid dienone is 1. The molecule has 31 heavy (non-hydrogen) atoms. The number of H-pyrrole nitrogens is 1. The highest BCUT2D eigenvalue weighted by Gasteiger charge is 2.28. The van der Waals surface area contributed by atoms with Gasteiger partial charge in [0.1, 0.15) is 40.6 Å². The zero-order valence-electron chi connectivity index (χ0n) is 17.6. The predicted octanol–water partition coefficient (Wildman–Crippen LogP) is 3.09. The molecule has 0 saturated carbocycles. The summed E-state index contributed by atoms with van der Waals surface area (Å²) in [5.74, 6) is -0.147. The van der Waals surface area contributed by atoms with Crippen molar-refractivity contribution >= 4 is 17.4 Å². The number of nitriles is 1. The third-order valence-corrected chi connectivity index (χ3v) is 4.43. The molecular formula is C20H24FN7O3. The van der Waals surface area contributed by atoms with Crippen molar-refractivity contribution < 1.29 is 18.7 Å². The molecule has 3 rings (SSSR count). The number of rotatable bonds is 5. The Kier molecular flexibility index (Phi) is 6.69. The molecule has 1 aliphatic rings. The van der Waals surface area contributed by atoms with E-state index in [1.165, 1.54) is 12.3 Å². The molecule has 1 aromatic carbocycles. The van der Waals surface area contributed by atoms with Gasteiger partial charge in [-0.1, -0.05) is 6.07 Å². The summed E-state index contributed by atoms with van der Waals surface area (Å²) in [6, 6.07) is 6.39. The van der Waals surface area contributed by atoms with Crippen LogP contribution in [-0.4, -0.2) is 56.4 Å². The van der Waals surface area contributed by atoms with Crippen LogP contribution in [-0.2, 0) is 4.74 Å². The summed E-state index contributed by atoms with van der Waals surface area (Å²) < 4.78 is 25.9. The highest BCUT2D eigenvalue weighted by Crippen LogP contribution is 2.31. The molecule has 2 heterocycles. The fourth-order valence-corrected chi connectivity index (χ4v) is 2.97. The first-order valence-electron chi connectivity index (χ1n) is 9.80. The summed E-state index contributed by atoms with van der Waals surface area (Å²) in [5.41, 5.74) is -0.383. The van der Waals surface area contributed by atoms with Crippen molar-refractivity contribution in [3.63, 3.8) is 0 Å². The van der Waals surface area contributed by atoms with Gasteiger partial charge in [0.2, 0.25) is 5.82 Å². The first-order valence-corrected chi connectivity index (χ1v) is 9.80. The standard InChI is InChI=1S/C20H24FN7O3/c1-20(2,3)31-19(29)28-9-7-14(8-10-28)30-16-6-4-5-15(21)17(16)23-12-13(11-22)18-24-26-27-25-18/h4-6,12,14,23H,7-10H2,1-3H3,(H,24,25,26,27). The summed E-state index contributed by atoms with van der Waals surface area (Å²) in [5, 5.41) is 25.2. The quantitative estimate of drug-likeness (QED) is 0.694. The van der Waals surface area contributed by atoms with Gasteiger partial charge in [0.15, 0.2) is 0 Å². The van der Waals surface area contributed by atoms with E-state index in [2.05, 4.69) is 25.9 Å². The molecule has 0 radical (unpaired) electrons. The Balaban J connectivity index is 1.65. The van der Waals surface area contributed by atoms with Gasteiger partial charge in [-0.25, -0.2) is 9.18 Å². The van der Waals surface area contributed by atoms with Crippen molar-refractivity contribution in [2.24, 2.45) is 0 Å². The van der Waals surface area contributed by atoms with E-state index >= 15 is 0 Å². The first kappa shape index (κ1) is 22.0. The second kappa shape index (κ2) is 9.42. The van der Waals surface area contributed by atoms with Crippen molar-refractivity contribution in [1.82, 2.24) is 25.5 Å².